The molecule has 1 atom stereocenters. The van der Waals surface area contributed by atoms with E-state index in [0.717, 1.165) is 36.3 Å². The van der Waals surface area contributed by atoms with Gasteiger partial charge in [0, 0.05) is 25.1 Å². The number of piperidine rings is 1. The topological polar surface area (TPSA) is 58.8 Å². The van der Waals surface area contributed by atoms with Crippen LogP contribution in [0, 0.1) is 5.82 Å². The highest BCUT2D eigenvalue weighted by Crippen LogP contribution is 2.31. The molecule has 1 amide bonds. The summed E-state index contributed by atoms with van der Waals surface area (Å²) >= 11 is 0. The summed E-state index contributed by atoms with van der Waals surface area (Å²) in [4.78, 5) is 21.4. The number of nitrogens with zero attached hydrogens (tertiary/aromatic N) is 3. The molecule has 3 aromatic rings. The van der Waals surface area contributed by atoms with E-state index in [4.69, 9.17) is 9.15 Å². The molecule has 1 unspecified atom stereocenters. The van der Waals surface area contributed by atoms with Gasteiger partial charge < -0.3 is 14.1 Å². The second kappa shape index (κ2) is 10.6. The zero-order chi connectivity index (χ0) is 23.2. The van der Waals surface area contributed by atoms with Crippen LogP contribution in [-0.2, 0) is 17.8 Å². The number of rotatable bonds is 8. The Morgan fingerprint density at radius 2 is 2.09 bits per heavy atom. The van der Waals surface area contributed by atoms with Crippen molar-refractivity contribution >= 4 is 5.91 Å². The van der Waals surface area contributed by atoms with Gasteiger partial charge in [0.15, 0.2) is 0 Å². The molecule has 2 aromatic carbocycles. The third-order valence-corrected chi connectivity index (χ3v) is 6.00. The van der Waals surface area contributed by atoms with Crippen LogP contribution < -0.4 is 4.74 Å². The highest BCUT2D eigenvalue weighted by atomic mass is 19.1. The van der Waals surface area contributed by atoms with E-state index in [1.54, 1.807) is 31.5 Å². The number of likely N-dealkylation sites (N-methyl/N-ethyl adjacent to an activating group) is 1. The molecule has 1 saturated heterocycles. The van der Waals surface area contributed by atoms with Gasteiger partial charge in [0.25, 0.3) is 0 Å². The molecular weight excluding hydrogens is 421 g/mol. The second-order valence-corrected chi connectivity index (χ2v) is 8.56. The Morgan fingerprint density at radius 1 is 1.24 bits per heavy atom. The number of carbonyl (C=O) groups excluding carboxylic acids is 1. The maximum Gasteiger partial charge on any atom is 0.237 e. The third kappa shape index (κ3) is 5.79. The fraction of sp³-hybridized carbons (Fsp3) is 0.385. The number of aromatic nitrogens is 1. The molecule has 1 fully saturated rings. The van der Waals surface area contributed by atoms with Crippen molar-refractivity contribution < 1.29 is 18.3 Å². The predicted molar refractivity (Wildman–Crippen MR) is 123 cm³/mol. The molecule has 0 bridgehead atoms. The lowest BCUT2D eigenvalue weighted by molar-refractivity contribution is -0.136. The lowest BCUT2D eigenvalue weighted by atomic mass is 10.0. The van der Waals surface area contributed by atoms with Crippen LogP contribution in [0.15, 0.2) is 59.1 Å². The van der Waals surface area contributed by atoms with Crippen LogP contribution in [0.3, 0.4) is 0 Å². The Morgan fingerprint density at radius 3 is 2.91 bits per heavy atom. The lowest BCUT2D eigenvalue weighted by Gasteiger charge is -2.35. The van der Waals surface area contributed by atoms with Gasteiger partial charge in [-0.2, -0.15) is 0 Å². The number of halogens is 1. The number of likely N-dealkylation sites (tertiary alicyclic amines) is 1. The molecular formula is C26H30FN3O3. The van der Waals surface area contributed by atoms with Crippen molar-refractivity contribution in [2.75, 3.05) is 27.2 Å². The Bertz CT molecular complexity index is 1080. The molecule has 0 spiro atoms. The number of ether oxygens (including phenoxy) is 1. The highest BCUT2D eigenvalue weighted by molar-refractivity contribution is 5.78. The smallest absolute Gasteiger partial charge is 0.237 e. The molecule has 4 rings (SSSR count). The number of methoxy groups -OCH3 is 1. The van der Waals surface area contributed by atoms with Crippen LogP contribution in [0.25, 0.3) is 0 Å². The van der Waals surface area contributed by atoms with Gasteiger partial charge in [-0.3, -0.25) is 9.69 Å². The SMILES string of the molecule is COc1cccc(Cc2cnc(C3CCCCN3C(=O)CN(C)Cc3ccccc3F)o2)c1. The van der Waals surface area contributed by atoms with E-state index in [-0.39, 0.29) is 24.3 Å². The molecule has 0 N–H and O–H groups in total. The van der Waals surface area contributed by atoms with E-state index in [0.29, 0.717) is 31.0 Å². The molecule has 1 aromatic heterocycles. The number of oxazole rings is 1. The first kappa shape index (κ1) is 23.0. The van der Waals surface area contributed by atoms with E-state index >= 15 is 0 Å². The molecule has 6 nitrogen and oxygen atoms in total. The van der Waals surface area contributed by atoms with Gasteiger partial charge in [0.1, 0.15) is 23.4 Å². The first-order chi connectivity index (χ1) is 16.0. The van der Waals surface area contributed by atoms with Crippen molar-refractivity contribution in [1.29, 1.82) is 0 Å². The lowest BCUT2D eigenvalue weighted by Crippen LogP contribution is -2.43. The first-order valence-corrected chi connectivity index (χ1v) is 11.3. The van der Waals surface area contributed by atoms with Crippen LogP contribution in [0.4, 0.5) is 4.39 Å². The summed E-state index contributed by atoms with van der Waals surface area (Å²) in [5.74, 6) is 1.89. The normalized spacial score (nSPS) is 16.2. The Kier molecular flexibility index (Phi) is 7.40. The summed E-state index contributed by atoms with van der Waals surface area (Å²) in [6, 6.07) is 14.3. The van der Waals surface area contributed by atoms with Crippen LogP contribution in [-0.4, -0.2) is 47.9 Å². The quantitative estimate of drug-likeness (QED) is 0.501. The van der Waals surface area contributed by atoms with E-state index < -0.39 is 0 Å². The Labute approximate surface area is 194 Å². The molecule has 1 aliphatic heterocycles. The molecule has 1 aliphatic rings. The summed E-state index contributed by atoms with van der Waals surface area (Å²) in [5, 5.41) is 0. The fourth-order valence-corrected chi connectivity index (χ4v) is 4.32. The molecule has 2 heterocycles. The zero-order valence-corrected chi connectivity index (χ0v) is 19.2. The van der Waals surface area contributed by atoms with E-state index in [9.17, 15) is 9.18 Å². The predicted octanol–water partition coefficient (Wildman–Crippen LogP) is 4.60. The van der Waals surface area contributed by atoms with E-state index in [1.165, 1.54) is 6.07 Å². The first-order valence-electron chi connectivity index (χ1n) is 11.3. The van der Waals surface area contributed by atoms with Gasteiger partial charge in [-0.05, 0) is 50.1 Å². The summed E-state index contributed by atoms with van der Waals surface area (Å²) in [5.41, 5.74) is 1.65. The van der Waals surface area contributed by atoms with Gasteiger partial charge in [0.05, 0.1) is 19.9 Å². The Balaban J connectivity index is 1.41. The largest absolute Gasteiger partial charge is 0.497 e. The standard InChI is InChI=1S/C26H30FN3O3/c1-29(17-20-9-3-4-11-23(20)27)18-25(31)30-13-6-5-12-24(30)26-28-16-22(33-26)15-19-8-7-10-21(14-19)32-2/h3-4,7-11,14,16,24H,5-6,12-13,15,17-18H2,1-2H3. The number of benzene rings is 2. The number of hydrogen-bond acceptors (Lipinski definition) is 5. The second-order valence-electron chi connectivity index (χ2n) is 8.56. The minimum absolute atomic E-state index is 0.00563. The summed E-state index contributed by atoms with van der Waals surface area (Å²) < 4.78 is 25.4. The molecule has 7 heteroatoms. The van der Waals surface area contributed by atoms with Crippen molar-refractivity contribution in [3.05, 3.63) is 83.3 Å². The van der Waals surface area contributed by atoms with Gasteiger partial charge >= 0.3 is 0 Å². The van der Waals surface area contributed by atoms with Crippen molar-refractivity contribution in [2.24, 2.45) is 0 Å². The summed E-state index contributed by atoms with van der Waals surface area (Å²) in [6.45, 7) is 1.26. The molecule has 174 valence electrons. The van der Waals surface area contributed by atoms with Crippen molar-refractivity contribution in [2.45, 2.75) is 38.3 Å². The summed E-state index contributed by atoms with van der Waals surface area (Å²) in [7, 11) is 3.48. The van der Waals surface area contributed by atoms with Crippen LogP contribution in [0.2, 0.25) is 0 Å². The van der Waals surface area contributed by atoms with Crippen molar-refractivity contribution in [3.63, 3.8) is 0 Å². The van der Waals surface area contributed by atoms with Crippen LogP contribution in [0.1, 0.15) is 48.1 Å². The number of amides is 1. The fourth-order valence-electron chi connectivity index (χ4n) is 4.32. The zero-order valence-electron chi connectivity index (χ0n) is 19.2. The van der Waals surface area contributed by atoms with Crippen LogP contribution in [0.5, 0.6) is 5.75 Å². The van der Waals surface area contributed by atoms with E-state index in [2.05, 4.69) is 4.98 Å². The monoisotopic (exact) mass is 451 g/mol. The number of carbonyl (C=O) groups is 1. The minimum Gasteiger partial charge on any atom is -0.497 e. The van der Waals surface area contributed by atoms with Gasteiger partial charge in [-0.15, -0.1) is 0 Å². The van der Waals surface area contributed by atoms with E-state index in [1.807, 2.05) is 41.1 Å². The molecule has 0 aliphatic carbocycles. The van der Waals surface area contributed by atoms with Crippen molar-refractivity contribution in [1.82, 2.24) is 14.8 Å². The molecule has 33 heavy (non-hydrogen) atoms. The van der Waals surface area contributed by atoms with Crippen LogP contribution >= 0.6 is 0 Å². The van der Waals surface area contributed by atoms with Gasteiger partial charge in [-0.1, -0.05) is 30.3 Å². The average molecular weight is 452 g/mol. The maximum atomic E-state index is 14.0. The number of hydrogen-bond donors (Lipinski definition) is 0. The minimum atomic E-state index is -0.254. The Hall–Kier alpha value is -3.19. The average Bonchev–Trinajstić information content (AvgIpc) is 3.29. The van der Waals surface area contributed by atoms with Gasteiger partial charge in [0.2, 0.25) is 11.8 Å². The maximum absolute atomic E-state index is 14.0. The summed E-state index contributed by atoms with van der Waals surface area (Å²) in [6.07, 6.45) is 5.15. The molecule has 0 radical (unpaired) electrons. The van der Waals surface area contributed by atoms with Gasteiger partial charge in [-0.25, -0.2) is 9.37 Å². The highest BCUT2D eigenvalue weighted by Gasteiger charge is 2.31. The molecule has 0 saturated carbocycles. The third-order valence-electron chi connectivity index (χ3n) is 6.00. The van der Waals surface area contributed by atoms with Crippen molar-refractivity contribution in [3.8, 4) is 5.75 Å².